The Hall–Kier alpha value is -0.740. The zero-order valence-electron chi connectivity index (χ0n) is 11.3. The van der Waals surface area contributed by atoms with Gasteiger partial charge in [0.15, 0.2) is 0 Å². The molecule has 0 aromatic heterocycles. The molecule has 2 nitrogen and oxygen atoms in total. The van der Waals surface area contributed by atoms with Crippen LogP contribution in [-0.4, -0.2) is 17.7 Å². The molecule has 2 unspecified atom stereocenters. The number of rotatable bonds is 2. The summed E-state index contributed by atoms with van der Waals surface area (Å²) < 4.78 is 44.0. The summed E-state index contributed by atoms with van der Waals surface area (Å²) in [6, 6.07) is 0. The lowest BCUT2D eigenvalue weighted by Crippen LogP contribution is -2.42. The van der Waals surface area contributed by atoms with E-state index in [0.717, 1.165) is 32.1 Å². The van der Waals surface area contributed by atoms with Gasteiger partial charge in [0.25, 0.3) is 0 Å². The number of hydrogen-bond donors (Lipinski definition) is 0. The van der Waals surface area contributed by atoms with E-state index >= 15 is 0 Å². The second-order valence-corrected chi connectivity index (χ2v) is 5.97. The molecule has 0 aromatic rings. The van der Waals surface area contributed by atoms with Gasteiger partial charge in [-0.1, -0.05) is 19.3 Å². The molecular weight excluding hydrogens is 257 g/mol. The molecule has 0 amide bonds. The first-order chi connectivity index (χ1) is 8.83. The maximum absolute atomic E-state index is 12.9. The van der Waals surface area contributed by atoms with Gasteiger partial charge in [-0.2, -0.15) is 13.2 Å². The van der Waals surface area contributed by atoms with Crippen LogP contribution in [0.4, 0.5) is 13.2 Å². The Bertz CT molecular complexity index is 334. The summed E-state index contributed by atoms with van der Waals surface area (Å²) in [5, 5.41) is 0. The Morgan fingerprint density at radius 1 is 1.16 bits per heavy atom. The van der Waals surface area contributed by atoms with Crippen molar-refractivity contribution in [3.8, 4) is 0 Å². The third-order valence-corrected chi connectivity index (χ3v) is 4.67. The molecule has 2 aliphatic carbocycles. The van der Waals surface area contributed by atoms with Gasteiger partial charge in [0, 0.05) is 6.92 Å². The molecule has 110 valence electrons. The average Bonchev–Trinajstić information content (AvgIpc) is 2.75. The average molecular weight is 278 g/mol. The zero-order valence-corrected chi connectivity index (χ0v) is 11.3. The van der Waals surface area contributed by atoms with Crippen LogP contribution in [0.3, 0.4) is 0 Å². The van der Waals surface area contributed by atoms with Crippen LogP contribution in [0.25, 0.3) is 0 Å². The Morgan fingerprint density at radius 3 is 2.26 bits per heavy atom. The Labute approximate surface area is 111 Å². The van der Waals surface area contributed by atoms with E-state index in [1.165, 1.54) is 6.92 Å². The summed E-state index contributed by atoms with van der Waals surface area (Å²) in [6.45, 7) is 1.30. The van der Waals surface area contributed by atoms with Gasteiger partial charge in [0.05, 0.1) is 5.92 Å². The lowest BCUT2D eigenvalue weighted by atomic mass is 9.75. The van der Waals surface area contributed by atoms with Gasteiger partial charge >= 0.3 is 12.1 Å². The molecule has 0 aliphatic heterocycles. The fourth-order valence-electron chi connectivity index (χ4n) is 3.78. The minimum absolute atomic E-state index is 0.0409. The molecular formula is C14H21F3O2. The van der Waals surface area contributed by atoms with Gasteiger partial charge in [0.2, 0.25) is 0 Å². The second-order valence-electron chi connectivity index (χ2n) is 5.97. The van der Waals surface area contributed by atoms with Crippen LogP contribution >= 0.6 is 0 Å². The number of carbonyl (C=O) groups is 1. The van der Waals surface area contributed by atoms with Crippen molar-refractivity contribution in [2.75, 3.05) is 0 Å². The van der Waals surface area contributed by atoms with Crippen LogP contribution in [0, 0.1) is 11.8 Å². The molecule has 0 bridgehead atoms. The van der Waals surface area contributed by atoms with Crippen LogP contribution in [0.15, 0.2) is 0 Å². The molecule has 0 radical (unpaired) electrons. The Balaban J connectivity index is 2.14. The maximum Gasteiger partial charge on any atom is 0.391 e. The summed E-state index contributed by atoms with van der Waals surface area (Å²) in [7, 11) is 0. The maximum atomic E-state index is 12.9. The zero-order chi connectivity index (χ0) is 14.1. The van der Waals surface area contributed by atoms with E-state index in [-0.39, 0.29) is 18.8 Å². The molecule has 0 aromatic carbocycles. The molecule has 2 fully saturated rings. The fourth-order valence-corrected chi connectivity index (χ4v) is 3.78. The van der Waals surface area contributed by atoms with Crippen LogP contribution in [0.5, 0.6) is 0 Å². The Morgan fingerprint density at radius 2 is 1.79 bits per heavy atom. The van der Waals surface area contributed by atoms with Crippen LogP contribution in [-0.2, 0) is 9.53 Å². The van der Waals surface area contributed by atoms with Gasteiger partial charge in [-0.3, -0.25) is 4.79 Å². The summed E-state index contributed by atoms with van der Waals surface area (Å²) >= 11 is 0. The van der Waals surface area contributed by atoms with Crippen molar-refractivity contribution in [2.24, 2.45) is 11.8 Å². The fraction of sp³-hybridized carbons (Fsp3) is 0.929. The molecule has 19 heavy (non-hydrogen) atoms. The van der Waals surface area contributed by atoms with Crippen molar-refractivity contribution >= 4 is 5.97 Å². The van der Waals surface area contributed by atoms with Crippen molar-refractivity contribution in [1.29, 1.82) is 0 Å². The standard InChI is InChI=1S/C14H21F3O2/c1-10(18)19-13(11-5-3-2-4-6-11)8-7-12(9-13)14(15,16)17/h11-12H,2-9H2,1H3. The van der Waals surface area contributed by atoms with Crippen molar-refractivity contribution in [3.05, 3.63) is 0 Å². The smallest absolute Gasteiger partial charge is 0.391 e. The third kappa shape index (κ3) is 3.23. The highest BCUT2D eigenvalue weighted by atomic mass is 19.4. The highest BCUT2D eigenvalue weighted by Gasteiger charge is 2.55. The number of halogens is 3. The minimum atomic E-state index is -4.17. The summed E-state index contributed by atoms with van der Waals surface area (Å²) in [5.41, 5.74) is -0.855. The molecule has 0 spiro atoms. The number of hydrogen-bond acceptors (Lipinski definition) is 2. The predicted molar refractivity (Wildman–Crippen MR) is 64.5 cm³/mol. The first kappa shape index (κ1) is 14.7. The normalized spacial score (nSPS) is 33.4. The van der Waals surface area contributed by atoms with E-state index in [1.807, 2.05) is 0 Å². The molecule has 5 heteroatoms. The monoisotopic (exact) mass is 278 g/mol. The highest BCUT2D eigenvalue weighted by Crippen LogP contribution is 2.51. The van der Waals surface area contributed by atoms with E-state index in [2.05, 4.69) is 0 Å². The van der Waals surface area contributed by atoms with Gasteiger partial charge in [-0.25, -0.2) is 0 Å². The molecule has 0 saturated heterocycles. The van der Waals surface area contributed by atoms with Crippen molar-refractivity contribution in [2.45, 2.75) is 70.1 Å². The second kappa shape index (κ2) is 5.33. The van der Waals surface area contributed by atoms with Crippen molar-refractivity contribution in [3.63, 3.8) is 0 Å². The summed E-state index contributed by atoms with van der Waals surface area (Å²) in [5.74, 6) is -1.65. The highest BCUT2D eigenvalue weighted by molar-refractivity contribution is 5.66. The van der Waals surface area contributed by atoms with Crippen molar-refractivity contribution < 1.29 is 22.7 Å². The molecule has 2 aliphatic rings. The van der Waals surface area contributed by atoms with E-state index in [9.17, 15) is 18.0 Å². The molecule has 2 saturated carbocycles. The lowest BCUT2D eigenvalue weighted by Gasteiger charge is -2.39. The van der Waals surface area contributed by atoms with Gasteiger partial charge < -0.3 is 4.74 Å². The van der Waals surface area contributed by atoms with Crippen LogP contribution in [0.2, 0.25) is 0 Å². The predicted octanol–water partition coefficient (Wildman–Crippen LogP) is 4.23. The topological polar surface area (TPSA) is 26.3 Å². The Kier molecular flexibility index (Phi) is 4.11. The van der Waals surface area contributed by atoms with Crippen LogP contribution in [0.1, 0.15) is 58.3 Å². The number of esters is 1. The van der Waals surface area contributed by atoms with E-state index in [0.29, 0.717) is 6.42 Å². The quantitative estimate of drug-likeness (QED) is 0.706. The van der Waals surface area contributed by atoms with Crippen LogP contribution < -0.4 is 0 Å². The summed E-state index contributed by atoms with van der Waals surface area (Å²) in [4.78, 5) is 11.3. The first-order valence-electron chi connectivity index (χ1n) is 7.10. The van der Waals surface area contributed by atoms with E-state index < -0.39 is 23.7 Å². The SMILES string of the molecule is CC(=O)OC1(C2CCCCC2)CCC(C(F)(F)F)C1. The largest absolute Gasteiger partial charge is 0.459 e. The van der Waals surface area contributed by atoms with Gasteiger partial charge in [0.1, 0.15) is 5.60 Å². The van der Waals surface area contributed by atoms with E-state index in [4.69, 9.17) is 4.74 Å². The van der Waals surface area contributed by atoms with E-state index in [1.54, 1.807) is 0 Å². The molecule has 2 atom stereocenters. The minimum Gasteiger partial charge on any atom is -0.459 e. The van der Waals surface area contributed by atoms with Gasteiger partial charge in [-0.15, -0.1) is 0 Å². The number of carbonyl (C=O) groups excluding carboxylic acids is 1. The molecule has 2 rings (SSSR count). The van der Waals surface area contributed by atoms with Crippen molar-refractivity contribution in [1.82, 2.24) is 0 Å². The molecule has 0 heterocycles. The van der Waals surface area contributed by atoms with Gasteiger partial charge in [-0.05, 0) is 38.0 Å². The first-order valence-corrected chi connectivity index (χ1v) is 7.10. The third-order valence-electron chi connectivity index (χ3n) is 4.67. The lowest BCUT2D eigenvalue weighted by molar-refractivity contribution is -0.186. The number of ether oxygens (including phenoxy) is 1. The molecule has 0 N–H and O–H groups in total. The summed E-state index contributed by atoms with van der Waals surface area (Å²) in [6.07, 6.45) is 1.21. The number of alkyl halides is 3.